The minimum atomic E-state index is -1.34. The summed E-state index contributed by atoms with van der Waals surface area (Å²) < 4.78 is 6.99. The highest BCUT2D eigenvalue weighted by molar-refractivity contribution is 5.87. The lowest BCUT2D eigenvalue weighted by molar-refractivity contribution is 0.145. The van der Waals surface area contributed by atoms with Gasteiger partial charge < -0.3 is 14.4 Å². The summed E-state index contributed by atoms with van der Waals surface area (Å²) in [5, 5.41) is 8.92. The highest BCUT2D eigenvalue weighted by Crippen LogP contribution is 2.34. The van der Waals surface area contributed by atoms with E-state index in [9.17, 15) is 4.79 Å². The summed E-state index contributed by atoms with van der Waals surface area (Å²) in [4.78, 5) is 15.6. The summed E-state index contributed by atoms with van der Waals surface area (Å²) in [7, 11) is 0. The number of hydrogen-bond acceptors (Lipinski definition) is 3. The zero-order valence-electron chi connectivity index (χ0n) is 13.3. The number of nitrogens with zero attached hydrogens (tertiary/aromatic N) is 2. The Balaban J connectivity index is 2.33. The molecular formula is C18H18N2O3. The van der Waals surface area contributed by atoms with Crippen molar-refractivity contribution in [2.75, 3.05) is 0 Å². The van der Waals surface area contributed by atoms with Gasteiger partial charge in [-0.3, -0.25) is 0 Å². The molecule has 23 heavy (non-hydrogen) atoms. The SMILES string of the molecule is CC(C)(C)n1c(-c2ccccc2)nc2c(OC(=O)O)cccc21. The lowest BCUT2D eigenvalue weighted by Gasteiger charge is -2.24. The van der Waals surface area contributed by atoms with Crippen LogP contribution < -0.4 is 4.74 Å². The highest BCUT2D eigenvalue weighted by Gasteiger charge is 2.24. The van der Waals surface area contributed by atoms with Crippen LogP contribution in [-0.4, -0.2) is 20.8 Å². The standard InChI is InChI=1S/C18H18N2O3/c1-18(2,3)20-13-10-7-11-14(23-17(21)22)15(13)19-16(20)12-8-5-4-6-9-12/h4-11H,1-3H3,(H,21,22). The molecule has 0 spiro atoms. The summed E-state index contributed by atoms with van der Waals surface area (Å²) in [5.74, 6) is 1.03. The van der Waals surface area contributed by atoms with E-state index in [4.69, 9.17) is 9.84 Å². The average molecular weight is 310 g/mol. The maximum atomic E-state index is 10.9. The zero-order valence-corrected chi connectivity index (χ0v) is 13.3. The van der Waals surface area contributed by atoms with Gasteiger partial charge in [-0.15, -0.1) is 0 Å². The third-order valence-electron chi connectivity index (χ3n) is 3.55. The van der Waals surface area contributed by atoms with Gasteiger partial charge in [0, 0.05) is 11.1 Å². The van der Waals surface area contributed by atoms with E-state index in [1.54, 1.807) is 12.1 Å². The topological polar surface area (TPSA) is 64.4 Å². The summed E-state index contributed by atoms with van der Waals surface area (Å²) in [5.41, 5.74) is 2.14. The van der Waals surface area contributed by atoms with Crippen LogP contribution >= 0.6 is 0 Å². The second-order valence-electron chi connectivity index (χ2n) is 6.30. The first kappa shape index (κ1) is 15.1. The van der Waals surface area contributed by atoms with Crippen molar-refractivity contribution in [3.05, 3.63) is 48.5 Å². The highest BCUT2D eigenvalue weighted by atomic mass is 16.7. The fourth-order valence-corrected chi connectivity index (χ4v) is 2.71. The van der Waals surface area contributed by atoms with Gasteiger partial charge in [-0.05, 0) is 32.9 Å². The maximum absolute atomic E-state index is 10.9. The van der Waals surface area contributed by atoms with Crippen molar-refractivity contribution in [2.24, 2.45) is 0 Å². The van der Waals surface area contributed by atoms with Crippen molar-refractivity contribution in [1.82, 2.24) is 9.55 Å². The van der Waals surface area contributed by atoms with Crippen LogP contribution in [0.4, 0.5) is 4.79 Å². The van der Waals surface area contributed by atoms with E-state index in [2.05, 4.69) is 30.3 Å². The number of aromatic nitrogens is 2. The number of rotatable bonds is 2. The molecule has 0 aliphatic heterocycles. The van der Waals surface area contributed by atoms with Crippen molar-refractivity contribution in [1.29, 1.82) is 0 Å². The largest absolute Gasteiger partial charge is 0.511 e. The van der Waals surface area contributed by atoms with Gasteiger partial charge in [-0.1, -0.05) is 36.4 Å². The van der Waals surface area contributed by atoms with E-state index < -0.39 is 6.16 Å². The summed E-state index contributed by atoms with van der Waals surface area (Å²) in [6.45, 7) is 6.27. The van der Waals surface area contributed by atoms with Gasteiger partial charge in [0.15, 0.2) is 5.75 Å². The predicted molar refractivity (Wildman–Crippen MR) is 88.8 cm³/mol. The molecule has 0 fully saturated rings. The second kappa shape index (κ2) is 5.43. The Morgan fingerprint density at radius 3 is 2.39 bits per heavy atom. The number of benzene rings is 2. The van der Waals surface area contributed by atoms with E-state index in [-0.39, 0.29) is 11.3 Å². The summed E-state index contributed by atoms with van der Waals surface area (Å²) in [6, 6.07) is 15.2. The number of fused-ring (bicyclic) bond motifs is 1. The molecule has 3 aromatic rings. The molecule has 1 aromatic heterocycles. The van der Waals surface area contributed by atoms with Crippen LogP contribution in [0.15, 0.2) is 48.5 Å². The molecule has 0 aliphatic rings. The Morgan fingerprint density at radius 2 is 1.78 bits per heavy atom. The average Bonchev–Trinajstić information content (AvgIpc) is 2.88. The smallest absolute Gasteiger partial charge is 0.449 e. The molecule has 3 rings (SSSR count). The third kappa shape index (κ3) is 2.77. The van der Waals surface area contributed by atoms with Gasteiger partial charge in [0.1, 0.15) is 11.3 Å². The maximum Gasteiger partial charge on any atom is 0.511 e. The molecule has 0 amide bonds. The van der Waals surface area contributed by atoms with Crippen molar-refractivity contribution in [3.8, 4) is 17.1 Å². The molecule has 0 saturated heterocycles. The molecule has 0 unspecified atom stereocenters. The van der Waals surface area contributed by atoms with Gasteiger partial charge in [0.2, 0.25) is 0 Å². The van der Waals surface area contributed by atoms with Gasteiger partial charge in [0.25, 0.3) is 0 Å². The number of imidazole rings is 1. The normalized spacial score (nSPS) is 11.6. The van der Waals surface area contributed by atoms with E-state index in [0.29, 0.717) is 5.52 Å². The molecule has 1 heterocycles. The third-order valence-corrected chi connectivity index (χ3v) is 3.55. The van der Waals surface area contributed by atoms with Gasteiger partial charge >= 0.3 is 6.16 Å². The second-order valence-corrected chi connectivity index (χ2v) is 6.30. The number of para-hydroxylation sites is 1. The fourth-order valence-electron chi connectivity index (χ4n) is 2.71. The number of carbonyl (C=O) groups is 1. The zero-order chi connectivity index (χ0) is 16.6. The Labute approximate surface area is 134 Å². The number of hydrogen-bond donors (Lipinski definition) is 1. The van der Waals surface area contributed by atoms with Crippen LogP contribution in [0.2, 0.25) is 0 Å². The van der Waals surface area contributed by atoms with Crippen molar-refractivity contribution >= 4 is 17.2 Å². The molecule has 0 atom stereocenters. The minimum Gasteiger partial charge on any atom is -0.449 e. The number of carboxylic acid groups (broad SMARTS) is 1. The molecule has 5 nitrogen and oxygen atoms in total. The van der Waals surface area contributed by atoms with Crippen LogP contribution in [0.3, 0.4) is 0 Å². The Morgan fingerprint density at radius 1 is 1.09 bits per heavy atom. The van der Waals surface area contributed by atoms with Crippen LogP contribution in [0, 0.1) is 0 Å². The van der Waals surface area contributed by atoms with E-state index in [1.807, 2.05) is 36.4 Å². The molecule has 0 saturated carbocycles. The minimum absolute atomic E-state index is 0.220. The molecule has 5 heteroatoms. The van der Waals surface area contributed by atoms with E-state index in [1.165, 1.54) is 0 Å². The molecule has 0 aliphatic carbocycles. The lowest BCUT2D eigenvalue weighted by Crippen LogP contribution is -2.22. The van der Waals surface area contributed by atoms with Crippen LogP contribution in [-0.2, 0) is 5.54 Å². The molecule has 2 aromatic carbocycles. The molecular weight excluding hydrogens is 292 g/mol. The fraction of sp³-hybridized carbons (Fsp3) is 0.222. The van der Waals surface area contributed by atoms with Gasteiger partial charge in [-0.2, -0.15) is 0 Å². The summed E-state index contributed by atoms with van der Waals surface area (Å²) >= 11 is 0. The molecule has 0 radical (unpaired) electrons. The van der Waals surface area contributed by atoms with Crippen LogP contribution in [0.25, 0.3) is 22.4 Å². The van der Waals surface area contributed by atoms with Crippen molar-refractivity contribution in [3.63, 3.8) is 0 Å². The molecule has 118 valence electrons. The number of ether oxygens (including phenoxy) is 1. The first-order chi connectivity index (χ1) is 10.9. The van der Waals surface area contributed by atoms with Crippen molar-refractivity contribution in [2.45, 2.75) is 26.3 Å². The summed E-state index contributed by atoms with van der Waals surface area (Å²) in [6.07, 6.45) is -1.34. The van der Waals surface area contributed by atoms with Gasteiger partial charge in [-0.25, -0.2) is 9.78 Å². The first-order valence-corrected chi connectivity index (χ1v) is 7.36. The lowest BCUT2D eigenvalue weighted by atomic mass is 10.1. The predicted octanol–water partition coefficient (Wildman–Crippen LogP) is 4.52. The monoisotopic (exact) mass is 310 g/mol. The Kier molecular flexibility index (Phi) is 3.56. The first-order valence-electron chi connectivity index (χ1n) is 7.36. The Bertz CT molecular complexity index is 861. The van der Waals surface area contributed by atoms with Gasteiger partial charge in [0.05, 0.1) is 5.52 Å². The Hall–Kier alpha value is -2.82. The van der Waals surface area contributed by atoms with Crippen LogP contribution in [0.5, 0.6) is 5.75 Å². The molecule has 0 bridgehead atoms. The quantitative estimate of drug-likeness (QED) is 0.558. The van der Waals surface area contributed by atoms with E-state index >= 15 is 0 Å². The van der Waals surface area contributed by atoms with E-state index in [0.717, 1.165) is 16.9 Å². The van der Waals surface area contributed by atoms with Crippen molar-refractivity contribution < 1.29 is 14.6 Å². The van der Waals surface area contributed by atoms with Crippen LogP contribution in [0.1, 0.15) is 20.8 Å². The molecule has 1 N–H and O–H groups in total.